The van der Waals surface area contributed by atoms with E-state index in [0.29, 0.717) is 5.69 Å². The molecular weight excluding hydrogens is 413 g/mol. The maximum absolute atomic E-state index is 13.3. The smallest absolute Gasteiger partial charge is 0.432 e. The number of methoxy groups -OCH3 is 1. The summed E-state index contributed by atoms with van der Waals surface area (Å²) in [5.41, 5.74) is -3.74. The van der Waals surface area contributed by atoms with Gasteiger partial charge in [0.15, 0.2) is 0 Å². The van der Waals surface area contributed by atoms with E-state index in [4.69, 9.17) is 0 Å². The molecular formula is C22H19F3N2O4. The second-order valence-electron chi connectivity index (χ2n) is 6.80. The number of carbonyl (C=O) groups is 2. The molecule has 0 heterocycles. The minimum atomic E-state index is -5.29. The van der Waals surface area contributed by atoms with Gasteiger partial charge in [-0.2, -0.15) is 13.2 Å². The molecule has 9 heteroatoms. The number of rotatable bonds is 4. The van der Waals surface area contributed by atoms with Crippen LogP contribution in [0.15, 0.2) is 66.7 Å². The molecule has 0 fully saturated rings. The molecule has 0 bridgehead atoms. The van der Waals surface area contributed by atoms with Gasteiger partial charge in [0.05, 0.1) is 7.11 Å². The average molecular weight is 432 g/mol. The van der Waals surface area contributed by atoms with Gasteiger partial charge in [-0.3, -0.25) is 4.90 Å². The van der Waals surface area contributed by atoms with Gasteiger partial charge < -0.3 is 15.2 Å². The number of esters is 1. The normalized spacial score (nSPS) is 13.4. The predicted molar refractivity (Wildman–Crippen MR) is 110 cm³/mol. The molecule has 6 nitrogen and oxygen atoms in total. The number of nitrogens with zero attached hydrogens (tertiary/aromatic N) is 1. The summed E-state index contributed by atoms with van der Waals surface area (Å²) in [5, 5.41) is 14.7. The zero-order valence-corrected chi connectivity index (χ0v) is 16.6. The van der Waals surface area contributed by atoms with Crippen molar-refractivity contribution in [2.24, 2.45) is 0 Å². The molecule has 0 aliphatic carbocycles. The Balaban J connectivity index is 1.80. The van der Waals surface area contributed by atoms with E-state index >= 15 is 0 Å². The van der Waals surface area contributed by atoms with Gasteiger partial charge >= 0.3 is 18.2 Å². The molecule has 0 aliphatic rings. The Bertz CT molecular complexity index is 1120. The lowest BCUT2D eigenvalue weighted by molar-refractivity contribution is -0.266. The molecule has 2 N–H and O–H groups in total. The zero-order chi connectivity index (χ0) is 22.8. The van der Waals surface area contributed by atoms with E-state index < -0.39 is 29.3 Å². The highest BCUT2D eigenvalue weighted by Crippen LogP contribution is 2.40. The number of fused-ring (bicyclic) bond motifs is 1. The first kappa shape index (κ1) is 22.1. The van der Waals surface area contributed by atoms with E-state index in [1.165, 1.54) is 24.1 Å². The molecule has 3 aromatic carbocycles. The summed E-state index contributed by atoms with van der Waals surface area (Å²) >= 11 is 0. The van der Waals surface area contributed by atoms with Crippen molar-refractivity contribution >= 4 is 34.1 Å². The molecule has 3 aromatic rings. The van der Waals surface area contributed by atoms with E-state index in [1.54, 1.807) is 12.1 Å². The Morgan fingerprint density at radius 3 is 2.16 bits per heavy atom. The lowest BCUT2D eigenvalue weighted by Gasteiger charge is -2.28. The Kier molecular flexibility index (Phi) is 5.90. The van der Waals surface area contributed by atoms with Crippen molar-refractivity contribution in [2.45, 2.75) is 11.8 Å². The number of halogens is 3. The highest BCUT2D eigenvalue weighted by molar-refractivity contribution is 6.02. The molecule has 0 aliphatic heterocycles. The minimum absolute atomic E-state index is 0.247. The molecule has 0 saturated heterocycles. The minimum Gasteiger partial charge on any atom is -0.466 e. The third kappa shape index (κ3) is 4.17. The number of hydrogen-bond donors (Lipinski definition) is 2. The van der Waals surface area contributed by atoms with Gasteiger partial charge in [-0.1, -0.05) is 42.5 Å². The van der Waals surface area contributed by atoms with Crippen molar-refractivity contribution in [1.29, 1.82) is 0 Å². The van der Waals surface area contributed by atoms with Crippen molar-refractivity contribution < 1.29 is 32.6 Å². The molecule has 3 rings (SSSR count). The van der Waals surface area contributed by atoms with Crippen LogP contribution in [-0.2, 0) is 15.1 Å². The fourth-order valence-corrected chi connectivity index (χ4v) is 3.06. The zero-order valence-electron chi connectivity index (χ0n) is 16.6. The van der Waals surface area contributed by atoms with Crippen LogP contribution in [0.4, 0.5) is 29.3 Å². The van der Waals surface area contributed by atoms with E-state index in [2.05, 4.69) is 10.1 Å². The fraction of sp³-hybridized carbons (Fsp3) is 0.182. The Morgan fingerprint density at radius 1 is 0.968 bits per heavy atom. The van der Waals surface area contributed by atoms with Crippen molar-refractivity contribution in [3.8, 4) is 0 Å². The van der Waals surface area contributed by atoms with Crippen LogP contribution in [0.2, 0.25) is 0 Å². The molecule has 162 valence electrons. The second-order valence-corrected chi connectivity index (χ2v) is 6.80. The lowest BCUT2D eigenvalue weighted by atomic mass is 9.93. The van der Waals surface area contributed by atoms with E-state index in [-0.39, 0.29) is 5.69 Å². The Morgan fingerprint density at radius 2 is 1.58 bits per heavy atom. The molecule has 0 aromatic heterocycles. The first-order valence-corrected chi connectivity index (χ1v) is 9.09. The SMILES string of the molecule is COC(=O)[C@@](O)(c1ccc(N(C)C(=O)Nc2ccc3ccccc3c2)cc1)C(F)(F)F. The second kappa shape index (κ2) is 8.27. The summed E-state index contributed by atoms with van der Waals surface area (Å²) in [6, 6.07) is 16.7. The summed E-state index contributed by atoms with van der Waals surface area (Å²) in [4.78, 5) is 25.4. The molecule has 0 spiro atoms. The summed E-state index contributed by atoms with van der Waals surface area (Å²) in [7, 11) is 2.18. The number of alkyl halides is 3. The predicted octanol–water partition coefficient (Wildman–Crippen LogP) is 4.43. The van der Waals surface area contributed by atoms with Gasteiger partial charge in [0.1, 0.15) is 0 Å². The van der Waals surface area contributed by atoms with Crippen LogP contribution in [0.25, 0.3) is 10.8 Å². The first-order valence-electron chi connectivity index (χ1n) is 9.09. The van der Waals surface area contributed by atoms with Crippen molar-refractivity contribution in [3.63, 3.8) is 0 Å². The van der Waals surface area contributed by atoms with Gasteiger partial charge in [0.25, 0.3) is 5.60 Å². The van der Waals surface area contributed by atoms with E-state index in [0.717, 1.165) is 30.0 Å². The van der Waals surface area contributed by atoms with E-state index in [9.17, 15) is 27.9 Å². The van der Waals surface area contributed by atoms with Crippen molar-refractivity contribution in [1.82, 2.24) is 0 Å². The number of aliphatic hydroxyl groups is 1. The number of benzene rings is 3. The number of anilines is 2. The maximum Gasteiger partial charge on any atom is 0.432 e. The summed E-state index contributed by atoms with van der Waals surface area (Å²) in [5.74, 6) is -1.85. The Hall–Kier alpha value is -3.59. The highest BCUT2D eigenvalue weighted by atomic mass is 19.4. The number of nitrogens with one attached hydrogen (secondary N) is 1. The highest BCUT2D eigenvalue weighted by Gasteiger charge is 2.62. The molecule has 31 heavy (non-hydrogen) atoms. The molecule has 2 amide bonds. The lowest BCUT2D eigenvalue weighted by Crippen LogP contribution is -2.49. The monoisotopic (exact) mass is 432 g/mol. The molecule has 0 unspecified atom stereocenters. The van der Waals surface area contributed by atoms with E-state index in [1.807, 2.05) is 30.3 Å². The number of hydrogen-bond acceptors (Lipinski definition) is 4. The van der Waals surface area contributed by atoms with Crippen LogP contribution in [0, 0.1) is 0 Å². The first-order chi connectivity index (χ1) is 14.6. The standard InChI is InChI=1S/C22H19F3N2O4/c1-27(20(29)26-17-10-7-14-5-3-4-6-15(14)13-17)18-11-8-16(9-12-18)21(30,19(28)31-2)22(23,24)25/h3-13,30H,1-2H3,(H,26,29)/t21-/m0/s1. The maximum atomic E-state index is 13.3. The van der Waals surface area contributed by atoms with Gasteiger partial charge in [0, 0.05) is 24.0 Å². The molecule has 1 atom stereocenters. The largest absolute Gasteiger partial charge is 0.466 e. The van der Waals surface area contributed by atoms with Gasteiger partial charge in [-0.15, -0.1) is 0 Å². The summed E-state index contributed by atoms with van der Waals surface area (Å²) < 4.78 is 44.2. The number of urea groups is 1. The van der Waals surface area contributed by atoms with Gasteiger partial charge in [-0.25, -0.2) is 9.59 Å². The summed E-state index contributed by atoms with van der Waals surface area (Å²) in [6.45, 7) is 0. The van der Waals surface area contributed by atoms with Crippen LogP contribution in [0.1, 0.15) is 5.56 Å². The third-order valence-electron chi connectivity index (χ3n) is 4.87. The van der Waals surface area contributed by atoms with Crippen molar-refractivity contribution in [3.05, 3.63) is 72.3 Å². The number of amides is 2. The van der Waals surface area contributed by atoms with Crippen LogP contribution < -0.4 is 10.2 Å². The van der Waals surface area contributed by atoms with Crippen LogP contribution in [0.3, 0.4) is 0 Å². The topological polar surface area (TPSA) is 78.9 Å². The van der Waals surface area contributed by atoms with Gasteiger partial charge in [-0.05, 0) is 35.0 Å². The van der Waals surface area contributed by atoms with Crippen molar-refractivity contribution in [2.75, 3.05) is 24.4 Å². The van der Waals surface area contributed by atoms with Gasteiger partial charge in [0.2, 0.25) is 0 Å². The average Bonchev–Trinajstić information content (AvgIpc) is 2.76. The number of carbonyl (C=O) groups excluding carboxylic acids is 2. The summed E-state index contributed by atoms with van der Waals surface area (Å²) in [6.07, 6.45) is -5.29. The molecule has 0 radical (unpaired) electrons. The third-order valence-corrected chi connectivity index (χ3v) is 4.87. The number of ether oxygens (including phenoxy) is 1. The van der Waals surface area contributed by atoms with Crippen LogP contribution in [-0.4, -0.2) is 37.4 Å². The van der Waals surface area contributed by atoms with Crippen LogP contribution in [0.5, 0.6) is 0 Å². The quantitative estimate of drug-likeness (QED) is 0.598. The van der Waals surface area contributed by atoms with Crippen LogP contribution >= 0.6 is 0 Å². The fourth-order valence-electron chi connectivity index (χ4n) is 3.06. The Labute approximate surface area is 175 Å². The molecule has 0 saturated carbocycles.